The van der Waals surface area contributed by atoms with E-state index in [1.54, 1.807) is 23.7 Å². The van der Waals surface area contributed by atoms with Crippen molar-refractivity contribution in [3.63, 3.8) is 0 Å². The van der Waals surface area contributed by atoms with Crippen molar-refractivity contribution < 1.29 is 9.18 Å². The fraction of sp³-hybridized carbons (Fsp3) is 0.235. The van der Waals surface area contributed by atoms with Gasteiger partial charge in [-0.05, 0) is 43.7 Å². The number of benzene rings is 1. The molecule has 0 saturated heterocycles. The van der Waals surface area contributed by atoms with Gasteiger partial charge in [0.1, 0.15) is 11.6 Å². The molecule has 2 N–H and O–H groups in total. The Morgan fingerprint density at radius 1 is 1.42 bits per heavy atom. The molecule has 1 amide bonds. The number of hydrogen-bond acceptors (Lipinski definition) is 4. The summed E-state index contributed by atoms with van der Waals surface area (Å²) >= 11 is 0. The van der Waals surface area contributed by atoms with Crippen LogP contribution in [0.25, 0.3) is 0 Å². The van der Waals surface area contributed by atoms with Gasteiger partial charge in [0.05, 0.1) is 12.3 Å². The van der Waals surface area contributed by atoms with E-state index in [1.807, 2.05) is 20.0 Å². The van der Waals surface area contributed by atoms with Crippen LogP contribution in [0.15, 0.2) is 42.0 Å². The second-order valence-electron chi connectivity index (χ2n) is 5.35. The molecule has 0 fully saturated rings. The Balaban J connectivity index is 1.97. The summed E-state index contributed by atoms with van der Waals surface area (Å²) in [7, 11) is 1.83. The zero-order valence-corrected chi connectivity index (χ0v) is 13.9. The average Bonchev–Trinajstić information content (AvgIpc) is 2.87. The molecule has 0 unspecified atom stereocenters. The summed E-state index contributed by atoms with van der Waals surface area (Å²) in [5, 5.41) is 11.1. The Morgan fingerprint density at radius 2 is 2.17 bits per heavy atom. The summed E-state index contributed by atoms with van der Waals surface area (Å²) in [6.07, 6.45) is 1.50. The maximum atomic E-state index is 13.3. The Hall–Kier alpha value is -2.96. The SMILES string of the molecule is C=C/C(=N\NC(=O)CNc1cc(C)n(C)n1)c1ccc(F)c(C)c1. The summed E-state index contributed by atoms with van der Waals surface area (Å²) in [5.41, 5.74) is 5.06. The van der Waals surface area contributed by atoms with Crippen LogP contribution in [0, 0.1) is 19.7 Å². The molecular weight excluding hydrogens is 309 g/mol. The molecule has 1 aromatic heterocycles. The zero-order chi connectivity index (χ0) is 17.7. The van der Waals surface area contributed by atoms with E-state index in [1.165, 1.54) is 12.1 Å². The van der Waals surface area contributed by atoms with Gasteiger partial charge in [0.25, 0.3) is 5.91 Å². The number of hydrazone groups is 1. The molecule has 0 radical (unpaired) electrons. The maximum absolute atomic E-state index is 13.3. The molecule has 0 aliphatic carbocycles. The number of hydrogen-bond donors (Lipinski definition) is 2. The number of carbonyl (C=O) groups is 1. The third kappa shape index (κ3) is 4.28. The highest BCUT2D eigenvalue weighted by atomic mass is 19.1. The molecule has 2 aromatic rings. The molecule has 0 aliphatic rings. The van der Waals surface area contributed by atoms with Crippen molar-refractivity contribution in [1.29, 1.82) is 0 Å². The molecule has 126 valence electrons. The van der Waals surface area contributed by atoms with E-state index in [-0.39, 0.29) is 18.3 Å². The van der Waals surface area contributed by atoms with Gasteiger partial charge in [0.15, 0.2) is 0 Å². The molecule has 7 heteroatoms. The average molecular weight is 329 g/mol. The van der Waals surface area contributed by atoms with Crippen LogP contribution in [-0.2, 0) is 11.8 Å². The quantitative estimate of drug-likeness (QED) is 0.631. The molecule has 2 rings (SSSR count). The largest absolute Gasteiger partial charge is 0.359 e. The van der Waals surface area contributed by atoms with Gasteiger partial charge in [-0.1, -0.05) is 6.58 Å². The van der Waals surface area contributed by atoms with E-state index in [0.717, 1.165) is 5.69 Å². The minimum absolute atomic E-state index is 0.0345. The van der Waals surface area contributed by atoms with E-state index in [0.29, 0.717) is 22.7 Å². The molecule has 6 nitrogen and oxygen atoms in total. The van der Waals surface area contributed by atoms with E-state index < -0.39 is 0 Å². The normalized spacial score (nSPS) is 11.2. The second kappa shape index (κ2) is 7.54. The monoisotopic (exact) mass is 329 g/mol. The summed E-state index contributed by atoms with van der Waals surface area (Å²) in [5.74, 6) is 0.00442. The van der Waals surface area contributed by atoms with Crippen LogP contribution in [0.5, 0.6) is 0 Å². The van der Waals surface area contributed by atoms with Crippen molar-refractivity contribution in [2.45, 2.75) is 13.8 Å². The zero-order valence-electron chi connectivity index (χ0n) is 13.9. The summed E-state index contributed by atoms with van der Waals surface area (Å²) in [6.45, 7) is 7.29. The number of nitrogens with zero attached hydrogens (tertiary/aromatic N) is 3. The fourth-order valence-corrected chi connectivity index (χ4v) is 2.01. The number of carbonyl (C=O) groups excluding carboxylic acids is 1. The number of allylic oxidation sites excluding steroid dienone is 1. The van der Waals surface area contributed by atoms with Gasteiger partial charge < -0.3 is 5.32 Å². The number of anilines is 1. The summed E-state index contributed by atoms with van der Waals surface area (Å²) < 4.78 is 15.0. The van der Waals surface area contributed by atoms with Gasteiger partial charge in [-0.15, -0.1) is 0 Å². The van der Waals surface area contributed by atoms with Crippen LogP contribution >= 0.6 is 0 Å². The molecule has 0 saturated carbocycles. The highest BCUT2D eigenvalue weighted by molar-refractivity contribution is 6.08. The molecule has 24 heavy (non-hydrogen) atoms. The minimum atomic E-state index is -0.323. The van der Waals surface area contributed by atoms with Gasteiger partial charge >= 0.3 is 0 Å². The van der Waals surface area contributed by atoms with Crippen LogP contribution in [0.1, 0.15) is 16.8 Å². The van der Waals surface area contributed by atoms with Crippen LogP contribution in [-0.4, -0.2) is 27.9 Å². The Bertz CT molecular complexity index is 775. The molecule has 0 spiro atoms. The highest BCUT2D eigenvalue weighted by Gasteiger charge is 2.06. The van der Waals surface area contributed by atoms with Crippen LogP contribution in [0.3, 0.4) is 0 Å². The lowest BCUT2D eigenvalue weighted by molar-refractivity contribution is -0.119. The molecule has 1 aromatic carbocycles. The number of rotatable bonds is 6. The van der Waals surface area contributed by atoms with Crippen molar-refractivity contribution in [3.05, 3.63) is 59.6 Å². The number of aryl methyl sites for hydroxylation is 3. The lowest BCUT2D eigenvalue weighted by Gasteiger charge is -2.05. The van der Waals surface area contributed by atoms with Gasteiger partial charge in [-0.25, -0.2) is 9.82 Å². The number of halogens is 1. The standard InChI is InChI=1S/C17H20FN5O/c1-5-15(13-6-7-14(18)11(2)8-13)20-21-17(24)10-19-16-9-12(3)23(4)22-16/h5-9H,1,10H2,2-4H3,(H,19,22)(H,21,24)/b20-15+. The van der Waals surface area contributed by atoms with E-state index in [4.69, 9.17) is 0 Å². The Kier molecular flexibility index (Phi) is 5.47. The van der Waals surface area contributed by atoms with Gasteiger partial charge in [0, 0.05) is 24.4 Å². The minimum Gasteiger partial charge on any atom is -0.359 e. The topological polar surface area (TPSA) is 71.3 Å². The van der Waals surface area contributed by atoms with Crippen molar-refractivity contribution in [2.75, 3.05) is 11.9 Å². The third-order valence-electron chi connectivity index (χ3n) is 3.49. The number of nitrogens with one attached hydrogen (secondary N) is 2. The van der Waals surface area contributed by atoms with Crippen molar-refractivity contribution in [2.24, 2.45) is 12.1 Å². The second-order valence-corrected chi connectivity index (χ2v) is 5.35. The predicted octanol–water partition coefficient (Wildman–Crippen LogP) is 2.29. The number of amides is 1. The smallest absolute Gasteiger partial charge is 0.259 e. The molecule has 0 bridgehead atoms. The van der Waals surface area contributed by atoms with Crippen molar-refractivity contribution in [1.82, 2.24) is 15.2 Å². The fourth-order valence-electron chi connectivity index (χ4n) is 2.01. The van der Waals surface area contributed by atoms with Crippen LogP contribution in [0.2, 0.25) is 0 Å². The van der Waals surface area contributed by atoms with Crippen LogP contribution < -0.4 is 10.7 Å². The van der Waals surface area contributed by atoms with E-state index >= 15 is 0 Å². The van der Waals surface area contributed by atoms with Crippen molar-refractivity contribution >= 4 is 17.4 Å². The van der Waals surface area contributed by atoms with Gasteiger partial charge in [-0.3, -0.25) is 9.48 Å². The summed E-state index contributed by atoms with van der Waals surface area (Å²) in [6, 6.07) is 6.43. The van der Waals surface area contributed by atoms with Gasteiger partial charge in [0.2, 0.25) is 0 Å². The highest BCUT2D eigenvalue weighted by Crippen LogP contribution is 2.10. The lowest BCUT2D eigenvalue weighted by Crippen LogP contribution is -2.27. The third-order valence-corrected chi connectivity index (χ3v) is 3.49. The van der Waals surface area contributed by atoms with E-state index in [2.05, 4.69) is 27.5 Å². The Labute approximate surface area is 140 Å². The van der Waals surface area contributed by atoms with Crippen LogP contribution in [0.4, 0.5) is 10.2 Å². The first kappa shape index (κ1) is 17.4. The predicted molar refractivity (Wildman–Crippen MR) is 92.4 cm³/mol. The molecule has 1 heterocycles. The first-order chi connectivity index (χ1) is 11.4. The first-order valence-corrected chi connectivity index (χ1v) is 7.40. The summed E-state index contributed by atoms with van der Waals surface area (Å²) in [4.78, 5) is 11.9. The van der Waals surface area contributed by atoms with Gasteiger partial charge in [-0.2, -0.15) is 10.2 Å². The first-order valence-electron chi connectivity index (χ1n) is 7.40. The maximum Gasteiger partial charge on any atom is 0.259 e. The lowest BCUT2D eigenvalue weighted by atomic mass is 10.1. The number of aromatic nitrogens is 2. The van der Waals surface area contributed by atoms with Crippen molar-refractivity contribution in [3.8, 4) is 0 Å². The van der Waals surface area contributed by atoms with E-state index in [9.17, 15) is 9.18 Å². The molecular formula is C17H20FN5O. The molecule has 0 atom stereocenters. The Morgan fingerprint density at radius 3 is 2.75 bits per heavy atom. The molecule has 0 aliphatic heterocycles.